The van der Waals surface area contributed by atoms with E-state index in [4.69, 9.17) is 5.26 Å². The van der Waals surface area contributed by atoms with Crippen molar-refractivity contribution in [3.05, 3.63) is 59.7 Å². The lowest BCUT2D eigenvalue weighted by Crippen LogP contribution is -2.25. The van der Waals surface area contributed by atoms with Gasteiger partial charge in [-0.2, -0.15) is 18.4 Å². The van der Waals surface area contributed by atoms with E-state index in [1.807, 2.05) is 12.1 Å². The molecule has 2 fully saturated rings. The van der Waals surface area contributed by atoms with Crippen LogP contribution in [0.25, 0.3) is 0 Å². The van der Waals surface area contributed by atoms with Gasteiger partial charge in [0, 0.05) is 6.08 Å². The van der Waals surface area contributed by atoms with E-state index in [1.165, 1.54) is 56.7 Å². The molecule has 0 heterocycles. The minimum atomic E-state index is -4.25. The van der Waals surface area contributed by atoms with Crippen LogP contribution in [0.3, 0.4) is 0 Å². The highest BCUT2D eigenvalue weighted by molar-refractivity contribution is 5.27. The third-order valence-corrected chi connectivity index (χ3v) is 6.63. The van der Waals surface area contributed by atoms with Gasteiger partial charge in [0.25, 0.3) is 0 Å². The number of allylic oxidation sites excluding steroid dienone is 4. The highest BCUT2D eigenvalue weighted by Crippen LogP contribution is 2.44. The Kier molecular flexibility index (Phi) is 6.99. The van der Waals surface area contributed by atoms with Crippen molar-refractivity contribution < 1.29 is 13.2 Å². The SMILES string of the molecule is N#C/C=C/C=C/C1CCC(C2CCC(c3ccc(C(F)(F)F)cc3)CC2)CC1. The van der Waals surface area contributed by atoms with E-state index in [9.17, 15) is 13.2 Å². The van der Waals surface area contributed by atoms with Crippen molar-refractivity contribution in [2.24, 2.45) is 17.8 Å². The molecule has 0 N–H and O–H groups in total. The van der Waals surface area contributed by atoms with Gasteiger partial charge in [0.1, 0.15) is 0 Å². The Morgan fingerprint density at radius 1 is 0.821 bits per heavy atom. The predicted molar refractivity (Wildman–Crippen MR) is 105 cm³/mol. The average molecular weight is 387 g/mol. The molecule has 0 aliphatic heterocycles. The topological polar surface area (TPSA) is 23.8 Å². The van der Waals surface area contributed by atoms with Gasteiger partial charge in [0.05, 0.1) is 11.6 Å². The van der Waals surface area contributed by atoms with Crippen molar-refractivity contribution in [3.8, 4) is 6.07 Å². The zero-order valence-corrected chi connectivity index (χ0v) is 16.2. The summed E-state index contributed by atoms with van der Waals surface area (Å²) in [6.07, 6.45) is 12.8. The summed E-state index contributed by atoms with van der Waals surface area (Å²) in [4.78, 5) is 0. The largest absolute Gasteiger partial charge is 0.416 e. The van der Waals surface area contributed by atoms with Crippen molar-refractivity contribution in [1.82, 2.24) is 0 Å². The smallest absolute Gasteiger partial charge is 0.193 e. The molecular weight excluding hydrogens is 359 g/mol. The second-order valence-corrected chi connectivity index (χ2v) is 8.28. The minimum Gasteiger partial charge on any atom is -0.193 e. The monoisotopic (exact) mass is 387 g/mol. The fourth-order valence-corrected chi connectivity index (χ4v) is 5.00. The van der Waals surface area contributed by atoms with E-state index in [-0.39, 0.29) is 0 Å². The average Bonchev–Trinajstić information content (AvgIpc) is 2.71. The number of hydrogen-bond donors (Lipinski definition) is 0. The van der Waals surface area contributed by atoms with Gasteiger partial charge in [-0.15, -0.1) is 0 Å². The fraction of sp³-hybridized carbons (Fsp3) is 0.542. The van der Waals surface area contributed by atoms with Gasteiger partial charge >= 0.3 is 6.18 Å². The summed E-state index contributed by atoms with van der Waals surface area (Å²) in [6.45, 7) is 0. The Balaban J connectivity index is 1.45. The Morgan fingerprint density at radius 2 is 1.39 bits per heavy atom. The summed E-state index contributed by atoms with van der Waals surface area (Å²) >= 11 is 0. The molecule has 2 aliphatic rings. The van der Waals surface area contributed by atoms with Gasteiger partial charge in [-0.25, -0.2) is 0 Å². The van der Waals surface area contributed by atoms with Gasteiger partial charge in [-0.3, -0.25) is 0 Å². The number of nitrogens with zero attached hydrogens (tertiary/aromatic N) is 1. The molecule has 0 spiro atoms. The molecule has 1 aromatic rings. The number of alkyl halides is 3. The van der Waals surface area contributed by atoms with E-state index >= 15 is 0 Å². The molecule has 0 atom stereocenters. The molecule has 0 bridgehead atoms. The first-order chi connectivity index (χ1) is 13.5. The molecule has 0 unspecified atom stereocenters. The van der Waals surface area contributed by atoms with Crippen LogP contribution in [-0.2, 0) is 6.18 Å². The molecule has 1 nitrogen and oxygen atoms in total. The van der Waals surface area contributed by atoms with Gasteiger partial charge < -0.3 is 0 Å². The molecule has 0 radical (unpaired) electrons. The molecule has 28 heavy (non-hydrogen) atoms. The highest BCUT2D eigenvalue weighted by atomic mass is 19.4. The van der Waals surface area contributed by atoms with E-state index in [2.05, 4.69) is 6.08 Å². The van der Waals surface area contributed by atoms with Crippen LogP contribution in [0.5, 0.6) is 0 Å². The summed E-state index contributed by atoms with van der Waals surface area (Å²) in [5.74, 6) is 2.61. The van der Waals surface area contributed by atoms with E-state index in [1.54, 1.807) is 18.2 Å². The molecule has 0 aromatic heterocycles. The summed E-state index contributed by atoms with van der Waals surface area (Å²) in [5, 5.41) is 8.50. The van der Waals surface area contributed by atoms with Crippen LogP contribution < -0.4 is 0 Å². The zero-order valence-electron chi connectivity index (χ0n) is 16.2. The van der Waals surface area contributed by atoms with Crippen LogP contribution in [0.15, 0.2) is 48.6 Å². The first-order valence-corrected chi connectivity index (χ1v) is 10.4. The van der Waals surface area contributed by atoms with Crippen molar-refractivity contribution >= 4 is 0 Å². The lowest BCUT2D eigenvalue weighted by Gasteiger charge is -2.37. The van der Waals surface area contributed by atoms with Crippen LogP contribution in [0, 0.1) is 29.1 Å². The number of halogens is 3. The molecule has 2 saturated carbocycles. The van der Waals surface area contributed by atoms with Crippen LogP contribution in [0.2, 0.25) is 0 Å². The molecular formula is C24H28F3N. The standard InChI is InChI=1S/C24H28F3N/c25-24(26,27)23-15-13-22(14-16-23)21-11-9-20(10-12-21)19-7-5-18(6-8-19)4-2-1-3-17-28/h1-4,13-16,18-21H,5-12H2/b3-1+,4-2+. The fourth-order valence-electron chi connectivity index (χ4n) is 5.00. The maximum atomic E-state index is 12.7. The lowest BCUT2D eigenvalue weighted by atomic mass is 9.68. The number of rotatable bonds is 4. The van der Waals surface area contributed by atoms with Gasteiger partial charge in [0.2, 0.25) is 0 Å². The Morgan fingerprint density at radius 3 is 1.93 bits per heavy atom. The minimum absolute atomic E-state index is 0.407. The Hall–Kier alpha value is -2.02. The highest BCUT2D eigenvalue weighted by Gasteiger charge is 2.32. The first kappa shape index (κ1) is 20.7. The van der Waals surface area contributed by atoms with Gasteiger partial charge in [-0.1, -0.05) is 30.4 Å². The predicted octanol–water partition coefficient (Wildman–Crippen LogP) is 7.42. The lowest BCUT2D eigenvalue weighted by molar-refractivity contribution is -0.137. The normalized spacial score (nSPS) is 29.2. The second kappa shape index (κ2) is 9.45. The van der Waals surface area contributed by atoms with Crippen molar-refractivity contribution in [3.63, 3.8) is 0 Å². The zero-order chi connectivity index (χ0) is 20.0. The van der Waals surface area contributed by atoms with Crippen LogP contribution in [0.4, 0.5) is 13.2 Å². The van der Waals surface area contributed by atoms with Crippen molar-refractivity contribution in [2.45, 2.75) is 63.5 Å². The van der Waals surface area contributed by atoms with Crippen molar-refractivity contribution in [1.29, 1.82) is 5.26 Å². The molecule has 4 heteroatoms. The maximum absolute atomic E-state index is 12.7. The van der Waals surface area contributed by atoms with Crippen LogP contribution in [-0.4, -0.2) is 0 Å². The van der Waals surface area contributed by atoms with E-state index < -0.39 is 11.7 Å². The molecule has 1 aromatic carbocycles. The maximum Gasteiger partial charge on any atom is 0.416 e. The molecule has 150 valence electrons. The summed E-state index contributed by atoms with van der Waals surface area (Å²) in [6, 6.07) is 7.79. The summed E-state index contributed by atoms with van der Waals surface area (Å²) in [5.41, 5.74) is 0.504. The number of nitriles is 1. The Labute approximate surface area is 165 Å². The molecule has 0 saturated heterocycles. The summed E-state index contributed by atoms with van der Waals surface area (Å²) in [7, 11) is 0. The van der Waals surface area contributed by atoms with E-state index in [0.29, 0.717) is 11.8 Å². The first-order valence-electron chi connectivity index (χ1n) is 10.4. The third kappa shape index (κ3) is 5.50. The van der Waals surface area contributed by atoms with Crippen molar-refractivity contribution in [2.75, 3.05) is 0 Å². The van der Waals surface area contributed by atoms with E-state index in [0.717, 1.165) is 30.2 Å². The third-order valence-electron chi connectivity index (χ3n) is 6.63. The summed E-state index contributed by atoms with van der Waals surface area (Å²) < 4.78 is 38.2. The number of hydrogen-bond acceptors (Lipinski definition) is 1. The Bertz CT molecular complexity index is 708. The van der Waals surface area contributed by atoms with Crippen LogP contribution >= 0.6 is 0 Å². The number of benzene rings is 1. The molecule has 0 amide bonds. The van der Waals surface area contributed by atoms with Gasteiger partial charge in [-0.05, 0) is 92.7 Å². The molecule has 2 aliphatic carbocycles. The quantitative estimate of drug-likeness (QED) is 0.389. The second-order valence-electron chi connectivity index (χ2n) is 8.28. The molecule has 3 rings (SSSR count). The van der Waals surface area contributed by atoms with Crippen LogP contribution in [0.1, 0.15) is 68.4 Å². The van der Waals surface area contributed by atoms with Gasteiger partial charge in [0.15, 0.2) is 0 Å².